The minimum Gasteiger partial charge on any atom is -0.257 e. The van der Waals surface area contributed by atoms with Gasteiger partial charge in [0.15, 0.2) is 0 Å². The molecule has 1 aromatic rings. The van der Waals surface area contributed by atoms with Crippen molar-refractivity contribution < 1.29 is 13.2 Å². The molecule has 0 aliphatic heterocycles. The predicted octanol–water partition coefficient (Wildman–Crippen LogP) is 4.01. The van der Waals surface area contributed by atoms with Gasteiger partial charge in [0.2, 0.25) is 0 Å². The zero-order valence-corrected chi connectivity index (χ0v) is 10.2. The Labute approximate surface area is 93.7 Å². The Morgan fingerprint density at radius 3 is 1.94 bits per heavy atom. The summed E-state index contributed by atoms with van der Waals surface area (Å²) in [6.07, 6.45) is -4.34. The number of nitrogens with zero attached hydrogens (tertiary/aromatic N) is 1. The minimum absolute atomic E-state index is 0.114. The van der Waals surface area contributed by atoms with Gasteiger partial charge in [0.1, 0.15) is 0 Å². The van der Waals surface area contributed by atoms with Crippen LogP contribution in [0, 0.1) is 13.8 Å². The van der Waals surface area contributed by atoms with E-state index < -0.39 is 17.2 Å². The predicted molar refractivity (Wildman–Crippen MR) is 57.4 cm³/mol. The first-order valence-corrected chi connectivity index (χ1v) is 5.09. The van der Waals surface area contributed by atoms with Crippen molar-refractivity contribution in [2.75, 3.05) is 0 Å². The van der Waals surface area contributed by atoms with Crippen LogP contribution in [-0.2, 0) is 11.6 Å². The van der Waals surface area contributed by atoms with Gasteiger partial charge in [-0.3, -0.25) is 4.98 Å². The highest BCUT2D eigenvalue weighted by molar-refractivity contribution is 5.35. The van der Waals surface area contributed by atoms with E-state index in [-0.39, 0.29) is 5.69 Å². The van der Waals surface area contributed by atoms with E-state index in [1.54, 1.807) is 34.6 Å². The van der Waals surface area contributed by atoms with E-state index in [9.17, 15) is 13.2 Å². The molecular weight excluding hydrogens is 215 g/mol. The highest BCUT2D eigenvalue weighted by Gasteiger charge is 2.37. The molecule has 0 unspecified atom stereocenters. The molecule has 0 aromatic carbocycles. The summed E-state index contributed by atoms with van der Waals surface area (Å²) in [5, 5.41) is 0. The van der Waals surface area contributed by atoms with Crippen LogP contribution in [0.25, 0.3) is 0 Å². The fourth-order valence-corrected chi connectivity index (χ4v) is 1.49. The lowest BCUT2D eigenvalue weighted by atomic mass is 9.87. The maximum atomic E-state index is 12.9. The summed E-state index contributed by atoms with van der Waals surface area (Å²) in [4.78, 5) is 4.09. The molecule has 0 N–H and O–H groups in total. The monoisotopic (exact) mass is 231 g/mol. The van der Waals surface area contributed by atoms with Crippen molar-refractivity contribution in [2.24, 2.45) is 0 Å². The average molecular weight is 231 g/mol. The Morgan fingerprint density at radius 2 is 1.56 bits per heavy atom. The fourth-order valence-electron chi connectivity index (χ4n) is 1.49. The highest BCUT2D eigenvalue weighted by Crippen LogP contribution is 2.37. The smallest absolute Gasteiger partial charge is 0.257 e. The van der Waals surface area contributed by atoms with E-state index in [2.05, 4.69) is 4.98 Å². The molecule has 0 spiro atoms. The van der Waals surface area contributed by atoms with Gasteiger partial charge in [-0.15, -0.1) is 0 Å². The minimum atomic E-state index is -4.34. The Balaban J connectivity index is 3.53. The summed E-state index contributed by atoms with van der Waals surface area (Å²) in [7, 11) is 0. The first kappa shape index (κ1) is 13.0. The van der Waals surface area contributed by atoms with E-state index in [0.717, 1.165) is 0 Å². The molecule has 1 rings (SSSR count). The van der Waals surface area contributed by atoms with Gasteiger partial charge in [0, 0.05) is 11.1 Å². The number of hydrogen-bond acceptors (Lipinski definition) is 1. The van der Waals surface area contributed by atoms with Gasteiger partial charge in [-0.25, -0.2) is 0 Å². The quantitative estimate of drug-likeness (QED) is 0.657. The molecule has 1 heterocycles. The van der Waals surface area contributed by atoms with Crippen molar-refractivity contribution in [3.8, 4) is 0 Å². The number of pyridine rings is 1. The van der Waals surface area contributed by atoms with Gasteiger partial charge in [-0.1, -0.05) is 20.8 Å². The molecule has 0 amide bonds. The van der Waals surface area contributed by atoms with E-state index in [0.29, 0.717) is 11.3 Å². The molecule has 0 saturated carbocycles. The van der Waals surface area contributed by atoms with Crippen molar-refractivity contribution in [3.05, 3.63) is 28.6 Å². The van der Waals surface area contributed by atoms with Gasteiger partial charge >= 0.3 is 6.18 Å². The summed E-state index contributed by atoms with van der Waals surface area (Å²) in [5.41, 5.74) is 0.105. The Morgan fingerprint density at radius 1 is 1.06 bits per heavy atom. The number of aryl methyl sites for hydroxylation is 2. The second-order valence-electron chi connectivity index (χ2n) is 5.03. The Bertz CT molecular complexity index is 361. The van der Waals surface area contributed by atoms with Crippen LogP contribution in [0.4, 0.5) is 13.2 Å². The van der Waals surface area contributed by atoms with Gasteiger partial charge in [0.25, 0.3) is 0 Å². The number of rotatable bonds is 0. The number of aromatic nitrogens is 1. The topological polar surface area (TPSA) is 12.9 Å². The molecule has 0 aliphatic carbocycles. The van der Waals surface area contributed by atoms with Gasteiger partial charge in [-0.2, -0.15) is 13.2 Å². The van der Waals surface area contributed by atoms with Gasteiger partial charge < -0.3 is 0 Å². The van der Waals surface area contributed by atoms with Crippen LogP contribution in [0.1, 0.15) is 43.3 Å². The van der Waals surface area contributed by atoms with Crippen LogP contribution in [0.15, 0.2) is 6.07 Å². The first-order valence-electron chi connectivity index (χ1n) is 5.09. The third-order valence-corrected chi connectivity index (χ3v) is 2.48. The molecule has 4 heteroatoms. The highest BCUT2D eigenvalue weighted by atomic mass is 19.4. The third kappa shape index (κ3) is 2.54. The molecule has 0 bridgehead atoms. The largest absolute Gasteiger partial charge is 0.418 e. The lowest BCUT2D eigenvalue weighted by Crippen LogP contribution is -2.22. The molecule has 0 atom stereocenters. The van der Waals surface area contributed by atoms with E-state index >= 15 is 0 Å². The molecule has 0 fully saturated rings. The number of halogens is 3. The second kappa shape index (κ2) is 3.75. The molecule has 0 radical (unpaired) electrons. The van der Waals surface area contributed by atoms with Crippen LogP contribution in [0.3, 0.4) is 0 Å². The average Bonchev–Trinajstić information content (AvgIpc) is 2.05. The normalized spacial score (nSPS) is 13.0. The summed E-state index contributed by atoms with van der Waals surface area (Å²) in [5.74, 6) is 0. The summed E-state index contributed by atoms with van der Waals surface area (Å²) in [6, 6.07) is 1.18. The van der Waals surface area contributed by atoms with E-state index in [1.807, 2.05) is 0 Å². The zero-order valence-electron chi connectivity index (χ0n) is 10.2. The number of alkyl halides is 3. The standard InChI is InChI=1S/C12H16F3N/c1-7-6-9(12(13,14)15)10(11(3,4)5)16-8(7)2/h6H,1-5H3. The van der Waals surface area contributed by atoms with Crippen LogP contribution >= 0.6 is 0 Å². The lowest BCUT2D eigenvalue weighted by Gasteiger charge is -2.24. The molecule has 0 saturated heterocycles. The number of hydrogen-bond donors (Lipinski definition) is 0. The summed E-state index contributed by atoms with van der Waals surface area (Å²) in [6.45, 7) is 8.58. The van der Waals surface area contributed by atoms with Crippen molar-refractivity contribution in [1.82, 2.24) is 4.98 Å². The van der Waals surface area contributed by atoms with Crippen LogP contribution in [0.5, 0.6) is 0 Å². The van der Waals surface area contributed by atoms with Crippen molar-refractivity contribution >= 4 is 0 Å². The Kier molecular flexibility index (Phi) is 3.05. The molecule has 1 aromatic heterocycles. The van der Waals surface area contributed by atoms with Crippen molar-refractivity contribution in [1.29, 1.82) is 0 Å². The lowest BCUT2D eigenvalue weighted by molar-refractivity contribution is -0.139. The summed E-state index contributed by atoms with van der Waals surface area (Å²) >= 11 is 0. The van der Waals surface area contributed by atoms with Gasteiger partial charge in [-0.05, 0) is 25.5 Å². The van der Waals surface area contributed by atoms with Crippen LogP contribution < -0.4 is 0 Å². The maximum Gasteiger partial charge on any atom is 0.418 e. The van der Waals surface area contributed by atoms with E-state index in [4.69, 9.17) is 0 Å². The molecule has 0 aliphatic rings. The molecule has 1 nitrogen and oxygen atoms in total. The van der Waals surface area contributed by atoms with E-state index in [1.165, 1.54) is 6.07 Å². The Hall–Kier alpha value is -1.06. The zero-order chi connectivity index (χ0) is 12.7. The SMILES string of the molecule is Cc1cc(C(F)(F)F)c(C(C)(C)C)nc1C. The van der Waals surface area contributed by atoms with Crippen LogP contribution in [0.2, 0.25) is 0 Å². The summed E-state index contributed by atoms with van der Waals surface area (Å²) < 4.78 is 38.6. The molecule has 16 heavy (non-hydrogen) atoms. The second-order valence-corrected chi connectivity index (χ2v) is 5.03. The van der Waals surface area contributed by atoms with Crippen molar-refractivity contribution in [2.45, 2.75) is 46.2 Å². The maximum absolute atomic E-state index is 12.9. The van der Waals surface area contributed by atoms with Gasteiger partial charge in [0.05, 0.1) is 11.3 Å². The van der Waals surface area contributed by atoms with Crippen LogP contribution in [-0.4, -0.2) is 4.98 Å². The first-order chi connectivity index (χ1) is 7.03. The molecular formula is C12H16F3N. The molecule has 90 valence electrons. The van der Waals surface area contributed by atoms with Crippen molar-refractivity contribution in [3.63, 3.8) is 0 Å². The third-order valence-electron chi connectivity index (χ3n) is 2.48. The fraction of sp³-hybridized carbons (Fsp3) is 0.583.